The van der Waals surface area contributed by atoms with E-state index in [1.54, 1.807) is 0 Å². The van der Waals surface area contributed by atoms with Gasteiger partial charge in [0.15, 0.2) is 0 Å². The van der Waals surface area contributed by atoms with E-state index in [1.165, 1.54) is 4.90 Å². The van der Waals surface area contributed by atoms with Crippen LogP contribution in [0.15, 0.2) is 30.3 Å². The Hall–Kier alpha value is -1.88. The summed E-state index contributed by atoms with van der Waals surface area (Å²) < 4.78 is 5.58. The molecule has 0 spiro atoms. The zero-order valence-electron chi connectivity index (χ0n) is 12.8. The molecule has 0 radical (unpaired) electrons. The van der Waals surface area contributed by atoms with E-state index in [0.29, 0.717) is 13.0 Å². The Kier molecular flexibility index (Phi) is 4.63. The molecule has 1 atom stereocenters. The summed E-state index contributed by atoms with van der Waals surface area (Å²) in [7, 11) is 0. The second kappa shape index (κ2) is 6.26. The van der Waals surface area contributed by atoms with Crippen LogP contribution in [0.4, 0.5) is 4.79 Å². The van der Waals surface area contributed by atoms with E-state index < -0.39 is 6.04 Å². The lowest BCUT2D eigenvalue weighted by atomic mass is 10.1. The molecule has 114 valence electrons. The molecule has 5 heteroatoms. The van der Waals surface area contributed by atoms with Gasteiger partial charge in [0.2, 0.25) is 0 Å². The summed E-state index contributed by atoms with van der Waals surface area (Å²) in [5.74, 6) is -0.208. The predicted octanol–water partition coefficient (Wildman–Crippen LogP) is 1.96. The number of urea groups is 1. The van der Waals surface area contributed by atoms with Crippen molar-refractivity contribution in [1.29, 1.82) is 0 Å². The highest BCUT2D eigenvalue weighted by Crippen LogP contribution is 2.13. The number of benzene rings is 1. The monoisotopic (exact) mass is 290 g/mol. The SMILES string of the molecule is CC(C)(C)OC[C@@H]1NC(=O)N(CCc2ccccc2)C1=O. The topological polar surface area (TPSA) is 58.6 Å². The largest absolute Gasteiger partial charge is 0.373 e. The minimum atomic E-state index is -0.576. The third-order valence-corrected chi connectivity index (χ3v) is 3.26. The highest BCUT2D eigenvalue weighted by molar-refractivity contribution is 6.04. The van der Waals surface area contributed by atoms with Crippen molar-refractivity contribution in [1.82, 2.24) is 10.2 Å². The van der Waals surface area contributed by atoms with Crippen LogP contribution in [-0.4, -0.2) is 41.6 Å². The van der Waals surface area contributed by atoms with Crippen LogP contribution < -0.4 is 5.32 Å². The van der Waals surface area contributed by atoms with E-state index in [-0.39, 0.29) is 24.1 Å². The number of ether oxygens (including phenoxy) is 1. The molecular formula is C16H22N2O3. The molecule has 0 saturated carbocycles. The molecule has 21 heavy (non-hydrogen) atoms. The first-order chi connectivity index (χ1) is 9.87. The average molecular weight is 290 g/mol. The molecule has 3 amide bonds. The molecule has 1 heterocycles. The van der Waals surface area contributed by atoms with E-state index in [2.05, 4.69) is 5.32 Å². The first-order valence-corrected chi connectivity index (χ1v) is 7.16. The van der Waals surface area contributed by atoms with Gasteiger partial charge in [-0.3, -0.25) is 9.69 Å². The van der Waals surface area contributed by atoms with Gasteiger partial charge in [0.05, 0.1) is 12.2 Å². The van der Waals surface area contributed by atoms with Crippen LogP contribution in [0.1, 0.15) is 26.3 Å². The van der Waals surface area contributed by atoms with Gasteiger partial charge in [-0.1, -0.05) is 30.3 Å². The molecule has 0 aliphatic carbocycles. The van der Waals surface area contributed by atoms with Crippen LogP contribution in [0.2, 0.25) is 0 Å². The summed E-state index contributed by atoms with van der Waals surface area (Å²) in [5.41, 5.74) is 0.773. The minimum absolute atomic E-state index is 0.204. The smallest absolute Gasteiger partial charge is 0.324 e. The lowest BCUT2D eigenvalue weighted by Crippen LogP contribution is -2.37. The van der Waals surface area contributed by atoms with Crippen molar-refractivity contribution in [2.75, 3.05) is 13.2 Å². The molecule has 1 aliphatic rings. The van der Waals surface area contributed by atoms with Crippen LogP contribution in [0.5, 0.6) is 0 Å². The van der Waals surface area contributed by atoms with Gasteiger partial charge in [0.25, 0.3) is 5.91 Å². The van der Waals surface area contributed by atoms with Crippen molar-refractivity contribution >= 4 is 11.9 Å². The van der Waals surface area contributed by atoms with E-state index in [4.69, 9.17) is 4.74 Å². The summed E-state index contributed by atoms with van der Waals surface area (Å²) in [6, 6.07) is 8.89. The Balaban J connectivity index is 1.89. The number of nitrogens with zero attached hydrogens (tertiary/aromatic N) is 1. The zero-order valence-corrected chi connectivity index (χ0v) is 12.8. The Labute approximate surface area is 125 Å². The Morgan fingerprint density at radius 2 is 1.86 bits per heavy atom. The maximum absolute atomic E-state index is 12.2. The van der Waals surface area contributed by atoms with Gasteiger partial charge in [-0.2, -0.15) is 0 Å². The number of imide groups is 1. The van der Waals surface area contributed by atoms with Crippen molar-refractivity contribution in [2.24, 2.45) is 0 Å². The molecule has 1 aromatic rings. The maximum Gasteiger partial charge on any atom is 0.324 e. The van der Waals surface area contributed by atoms with Crippen LogP contribution in [-0.2, 0) is 16.0 Å². The molecule has 1 saturated heterocycles. The third-order valence-electron chi connectivity index (χ3n) is 3.26. The van der Waals surface area contributed by atoms with Gasteiger partial charge in [-0.25, -0.2) is 4.79 Å². The molecule has 1 N–H and O–H groups in total. The Bertz CT molecular complexity index is 508. The molecule has 0 unspecified atom stereocenters. The molecule has 2 rings (SSSR count). The fourth-order valence-corrected chi connectivity index (χ4v) is 2.12. The molecule has 0 bridgehead atoms. The number of amides is 3. The highest BCUT2D eigenvalue weighted by atomic mass is 16.5. The quantitative estimate of drug-likeness (QED) is 0.843. The van der Waals surface area contributed by atoms with Gasteiger partial charge >= 0.3 is 6.03 Å². The summed E-state index contributed by atoms with van der Waals surface area (Å²) >= 11 is 0. The summed E-state index contributed by atoms with van der Waals surface area (Å²) in [4.78, 5) is 25.4. The third kappa shape index (κ3) is 4.29. The summed E-state index contributed by atoms with van der Waals surface area (Å²) in [6.07, 6.45) is 0.660. The molecule has 5 nitrogen and oxygen atoms in total. The van der Waals surface area contributed by atoms with Crippen LogP contribution in [0.25, 0.3) is 0 Å². The molecule has 0 aromatic heterocycles. The second-order valence-electron chi connectivity index (χ2n) is 6.15. The molecular weight excluding hydrogens is 268 g/mol. The van der Waals surface area contributed by atoms with Crippen molar-refractivity contribution in [2.45, 2.75) is 38.8 Å². The average Bonchev–Trinajstić information content (AvgIpc) is 2.69. The van der Waals surface area contributed by atoms with Crippen LogP contribution in [0, 0.1) is 0 Å². The van der Waals surface area contributed by atoms with Gasteiger partial charge in [-0.15, -0.1) is 0 Å². The lowest BCUT2D eigenvalue weighted by Gasteiger charge is -2.21. The Morgan fingerprint density at radius 3 is 2.48 bits per heavy atom. The van der Waals surface area contributed by atoms with Gasteiger partial charge < -0.3 is 10.1 Å². The lowest BCUT2D eigenvalue weighted by molar-refractivity contribution is -0.130. The molecule has 1 aromatic carbocycles. The number of carbonyl (C=O) groups is 2. The molecule has 1 fully saturated rings. The van der Waals surface area contributed by atoms with E-state index in [0.717, 1.165) is 5.56 Å². The van der Waals surface area contributed by atoms with Crippen LogP contribution >= 0.6 is 0 Å². The first kappa shape index (κ1) is 15.5. The van der Waals surface area contributed by atoms with Gasteiger partial charge in [0, 0.05) is 6.54 Å². The van der Waals surface area contributed by atoms with Gasteiger partial charge in [-0.05, 0) is 32.8 Å². The van der Waals surface area contributed by atoms with E-state index in [1.807, 2.05) is 51.1 Å². The number of nitrogens with one attached hydrogen (secondary N) is 1. The van der Waals surface area contributed by atoms with E-state index >= 15 is 0 Å². The first-order valence-electron chi connectivity index (χ1n) is 7.16. The number of carbonyl (C=O) groups excluding carboxylic acids is 2. The standard InChI is InChI=1S/C16H22N2O3/c1-16(2,3)21-11-13-14(19)18(15(20)17-13)10-9-12-7-5-4-6-8-12/h4-8,13H,9-11H2,1-3H3,(H,17,20)/t13-/m0/s1. The normalized spacial score (nSPS) is 19.0. The number of rotatable bonds is 5. The number of hydrogen-bond donors (Lipinski definition) is 1. The van der Waals surface area contributed by atoms with Crippen molar-refractivity contribution in [3.63, 3.8) is 0 Å². The fourth-order valence-electron chi connectivity index (χ4n) is 2.12. The highest BCUT2D eigenvalue weighted by Gasteiger charge is 2.38. The summed E-state index contributed by atoms with van der Waals surface area (Å²) in [6.45, 7) is 6.35. The fraction of sp³-hybridized carbons (Fsp3) is 0.500. The predicted molar refractivity (Wildman–Crippen MR) is 79.9 cm³/mol. The minimum Gasteiger partial charge on any atom is -0.373 e. The zero-order chi connectivity index (χ0) is 15.5. The van der Waals surface area contributed by atoms with Crippen LogP contribution in [0.3, 0.4) is 0 Å². The Morgan fingerprint density at radius 1 is 1.19 bits per heavy atom. The van der Waals surface area contributed by atoms with Crippen molar-refractivity contribution in [3.05, 3.63) is 35.9 Å². The second-order valence-corrected chi connectivity index (χ2v) is 6.15. The maximum atomic E-state index is 12.2. The van der Waals surface area contributed by atoms with Gasteiger partial charge in [0.1, 0.15) is 6.04 Å². The summed E-state index contributed by atoms with van der Waals surface area (Å²) in [5, 5.41) is 2.68. The molecule has 1 aliphatic heterocycles. The number of hydrogen-bond acceptors (Lipinski definition) is 3. The van der Waals surface area contributed by atoms with Crippen molar-refractivity contribution < 1.29 is 14.3 Å². The van der Waals surface area contributed by atoms with Crippen molar-refractivity contribution in [3.8, 4) is 0 Å². The van der Waals surface area contributed by atoms with E-state index in [9.17, 15) is 9.59 Å².